The van der Waals surface area contributed by atoms with Crippen molar-refractivity contribution >= 4 is 17.3 Å². The van der Waals surface area contributed by atoms with E-state index in [0.717, 1.165) is 5.69 Å². The highest BCUT2D eigenvalue weighted by Crippen LogP contribution is 2.24. The van der Waals surface area contributed by atoms with Crippen LogP contribution in [0.15, 0.2) is 18.2 Å². The van der Waals surface area contributed by atoms with Crippen LogP contribution in [0, 0.1) is 5.82 Å². The molecular weight excluding hydrogens is 301 g/mol. The Balaban J connectivity index is 1.93. The van der Waals surface area contributed by atoms with Crippen molar-refractivity contribution in [3.63, 3.8) is 0 Å². The summed E-state index contributed by atoms with van der Waals surface area (Å²) >= 11 is 0. The van der Waals surface area contributed by atoms with Gasteiger partial charge < -0.3 is 25.4 Å². The Morgan fingerprint density at radius 1 is 1.52 bits per heavy atom. The van der Waals surface area contributed by atoms with Crippen molar-refractivity contribution in [1.82, 2.24) is 0 Å². The molecule has 2 rings (SSSR count). The summed E-state index contributed by atoms with van der Waals surface area (Å²) in [6.07, 6.45) is -0.0250. The molecule has 1 heterocycles. The molecule has 1 fully saturated rings. The van der Waals surface area contributed by atoms with E-state index in [1.807, 2.05) is 4.90 Å². The number of nitrogens with one attached hydrogen (secondary N) is 1. The first-order valence-electron chi connectivity index (χ1n) is 7.60. The predicted octanol–water partition coefficient (Wildman–Crippen LogP) is 1.70. The minimum atomic E-state index is -0.559. The van der Waals surface area contributed by atoms with Gasteiger partial charge in [0.2, 0.25) is 0 Å². The highest BCUT2D eigenvalue weighted by molar-refractivity contribution is 5.75. The standard InChI is InChI=1S/C16H24FN3O3/c1-16(2,3)23-15(21)8-19-14-5-4-11(6-13(14)17)20-9-12(7-18)22-10-20/h4-6,12,19H,7-10,18H2,1-3H3/t12-/m0/s1. The summed E-state index contributed by atoms with van der Waals surface area (Å²) in [5.74, 6) is -0.859. The second kappa shape index (κ2) is 7.14. The Hall–Kier alpha value is -1.86. The van der Waals surface area contributed by atoms with Crippen LogP contribution in [0.25, 0.3) is 0 Å². The highest BCUT2D eigenvalue weighted by Gasteiger charge is 2.23. The summed E-state index contributed by atoms with van der Waals surface area (Å²) in [5.41, 5.74) is 5.98. The molecule has 0 amide bonds. The first-order chi connectivity index (χ1) is 10.8. The molecule has 0 spiro atoms. The number of nitrogens with two attached hydrogens (primary N) is 1. The number of hydrogen-bond donors (Lipinski definition) is 2. The molecule has 1 aromatic rings. The van der Waals surface area contributed by atoms with Gasteiger partial charge in [0.25, 0.3) is 0 Å². The van der Waals surface area contributed by atoms with Crippen LogP contribution in [0.2, 0.25) is 0 Å². The fourth-order valence-electron chi connectivity index (χ4n) is 2.26. The summed E-state index contributed by atoms with van der Waals surface area (Å²) in [4.78, 5) is 13.6. The lowest BCUT2D eigenvalue weighted by atomic mass is 10.2. The minimum Gasteiger partial charge on any atom is -0.459 e. The normalized spacial score (nSPS) is 18.1. The molecule has 0 aliphatic carbocycles. The average molecular weight is 325 g/mol. The lowest BCUT2D eigenvalue weighted by Crippen LogP contribution is -2.28. The maximum atomic E-state index is 14.2. The third kappa shape index (κ3) is 5.07. The van der Waals surface area contributed by atoms with Crippen LogP contribution < -0.4 is 16.0 Å². The van der Waals surface area contributed by atoms with E-state index < -0.39 is 17.4 Å². The Morgan fingerprint density at radius 3 is 2.83 bits per heavy atom. The first kappa shape index (κ1) is 17.5. The molecular formula is C16H24FN3O3. The van der Waals surface area contributed by atoms with Crippen LogP contribution in [0.3, 0.4) is 0 Å². The summed E-state index contributed by atoms with van der Waals surface area (Å²) in [6.45, 7) is 6.74. The van der Waals surface area contributed by atoms with Crippen LogP contribution in [0.5, 0.6) is 0 Å². The van der Waals surface area contributed by atoms with Crippen molar-refractivity contribution in [3.05, 3.63) is 24.0 Å². The second-order valence-corrected chi connectivity index (χ2v) is 6.48. The number of benzene rings is 1. The maximum absolute atomic E-state index is 14.2. The number of carbonyl (C=O) groups excluding carboxylic acids is 1. The molecule has 128 valence electrons. The monoisotopic (exact) mass is 325 g/mol. The molecule has 0 radical (unpaired) electrons. The molecule has 1 aromatic carbocycles. The van der Waals surface area contributed by atoms with E-state index >= 15 is 0 Å². The molecule has 0 aromatic heterocycles. The maximum Gasteiger partial charge on any atom is 0.325 e. The lowest BCUT2D eigenvalue weighted by Gasteiger charge is -2.20. The van der Waals surface area contributed by atoms with Gasteiger partial charge in [0, 0.05) is 18.8 Å². The van der Waals surface area contributed by atoms with E-state index in [2.05, 4.69) is 5.32 Å². The Bertz CT molecular complexity index is 560. The van der Waals surface area contributed by atoms with Gasteiger partial charge in [0.1, 0.15) is 24.7 Å². The summed E-state index contributed by atoms with van der Waals surface area (Å²) in [7, 11) is 0. The molecule has 1 atom stereocenters. The topological polar surface area (TPSA) is 76.8 Å². The van der Waals surface area contributed by atoms with Crippen molar-refractivity contribution in [2.24, 2.45) is 5.73 Å². The molecule has 7 heteroatoms. The van der Waals surface area contributed by atoms with Gasteiger partial charge in [-0.05, 0) is 39.0 Å². The third-order valence-electron chi connectivity index (χ3n) is 3.31. The average Bonchev–Trinajstić information content (AvgIpc) is 2.93. The molecule has 0 unspecified atom stereocenters. The van der Waals surface area contributed by atoms with E-state index in [4.69, 9.17) is 15.2 Å². The zero-order chi connectivity index (χ0) is 17.0. The van der Waals surface area contributed by atoms with Gasteiger partial charge in [-0.2, -0.15) is 0 Å². The number of esters is 1. The molecule has 1 aliphatic rings. The molecule has 0 saturated carbocycles. The number of carbonyl (C=O) groups is 1. The Labute approximate surface area is 135 Å². The van der Waals surface area contributed by atoms with E-state index in [1.54, 1.807) is 32.9 Å². The number of nitrogens with zero attached hydrogens (tertiary/aromatic N) is 1. The van der Waals surface area contributed by atoms with Crippen LogP contribution in [-0.2, 0) is 14.3 Å². The van der Waals surface area contributed by atoms with Crippen LogP contribution in [-0.4, -0.2) is 44.0 Å². The highest BCUT2D eigenvalue weighted by atomic mass is 19.1. The third-order valence-corrected chi connectivity index (χ3v) is 3.31. The largest absolute Gasteiger partial charge is 0.459 e. The van der Waals surface area contributed by atoms with E-state index in [0.29, 0.717) is 19.8 Å². The number of hydrogen-bond acceptors (Lipinski definition) is 6. The molecule has 23 heavy (non-hydrogen) atoms. The zero-order valence-electron chi connectivity index (χ0n) is 13.8. The van der Waals surface area contributed by atoms with Gasteiger partial charge in [-0.15, -0.1) is 0 Å². The van der Waals surface area contributed by atoms with Gasteiger partial charge in [-0.25, -0.2) is 4.39 Å². The van der Waals surface area contributed by atoms with Gasteiger partial charge >= 0.3 is 5.97 Å². The molecule has 6 nitrogen and oxygen atoms in total. The summed E-state index contributed by atoms with van der Waals surface area (Å²) in [5, 5.41) is 2.75. The van der Waals surface area contributed by atoms with E-state index in [-0.39, 0.29) is 18.3 Å². The SMILES string of the molecule is CC(C)(C)OC(=O)CNc1ccc(N2CO[C@@H](CN)C2)cc1F. The van der Waals surface area contributed by atoms with E-state index in [1.165, 1.54) is 6.07 Å². The van der Waals surface area contributed by atoms with Crippen molar-refractivity contribution in [2.45, 2.75) is 32.5 Å². The van der Waals surface area contributed by atoms with Crippen LogP contribution in [0.4, 0.5) is 15.8 Å². The minimum absolute atomic E-state index is 0.0250. The number of halogens is 1. The predicted molar refractivity (Wildman–Crippen MR) is 86.9 cm³/mol. The van der Waals surface area contributed by atoms with Crippen molar-refractivity contribution in [2.75, 3.05) is 36.6 Å². The van der Waals surface area contributed by atoms with Gasteiger partial charge in [0.05, 0.1) is 11.8 Å². The Kier molecular flexibility index (Phi) is 5.43. The lowest BCUT2D eigenvalue weighted by molar-refractivity contribution is -0.152. The van der Waals surface area contributed by atoms with Gasteiger partial charge in [-0.3, -0.25) is 4.79 Å². The molecule has 1 aliphatic heterocycles. The Morgan fingerprint density at radius 2 is 2.26 bits per heavy atom. The number of rotatable bonds is 5. The fourth-order valence-corrected chi connectivity index (χ4v) is 2.26. The quantitative estimate of drug-likeness (QED) is 0.803. The second-order valence-electron chi connectivity index (χ2n) is 6.48. The first-order valence-corrected chi connectivity index (χ1v) is 7.60. The van der Waals surface area contributed by atoms with Crippen molar-refractivity contribution in [3.8, 4) is 0 Å². The summed E-state index contributed by atoms with van der Waals surface area (Å²) < 4.78 is 24.8. The fraction of sp³-hybridized carbons (Fsp3) is 0.562. The number of anilines is 2. The number of ether oxygens (including phenoxy) is 2. The van der Waals surface area contributed by atoms with Crippen LogP contribution >= 0.6 is 0 Å². The molecule has 0 bridgehead atoms. The van der Waals surface area contributed by atoms with Gasteiger partial charge in [0.15, 0.2) is 0 Å². The van der Waals surface area contributed by atoms with Crippen molar-refractivity contribution in [1.29, 1.82) is 0 Å². The van der Waals surface area contributed by atoms with Crippen molar-refractivity contribution < 1.29 is 18.7 Å². The molecule has 3 N–H and O–H groups in total. The molecule has 1 saturated heterocycles. The zero-order valence-corrected chi connectivity index (χ0v) is 13.8. The van der Waals surface area contributed by atoms with Gasteiger partial charge in [-0.1, -0.05) is 0 Å². The van der Waals surface area contributed by atoms with E-state index in [9.17, 15) is 9.18 Å². The summed E-state index contributed by atoms with van der Waals surface area (Å²) in [6, 6.07) is 4.80. The van der Waals surface area contributed by atoms with Crippen LogP contribution in [0.1, 0.15) is 20.8 Å². The smallest absolute Gasteiger partial charge is 0.325 e.